The molecule has 5 rings (SSSR count). The third-order valence-electron chi connectivity index (χ3n) is 8.03. The summed E-state index contributed by atoms with van der Waals surface area (Å²) >= 11 is 0. The molecular weight excluding hydrogens is 620 g/mol. The lowest BCUT2D eigenvalue weighted by atomic mass is 10.1. The highest BCUT2D eigenvalue weighted by Crippen LogP contribution is 2.32. The molecule has 0 radical (unpaired) electrons. The quantitative estimate of drug-likeness (QED) is 0.0652. The zero-order chi connectivity index (χ0) is 34.9. The van der Waals surface area contributed by atoms with Gasteiger partial charge in [-0.15, -0.1) is 10.2 Å². The summed E-state index contributed by atoms with van der Waals surface area (Å²) in [4.78, 5) is 25.8. The minimum atomic E-state index is -0.458. The third-order valence-corrected chi connectivity index (χ3v) is 8.03. The molecule has 9 heteroatoms. The van der Waals surface area contributed by atoms with Crippen LogP contribution in [-0.4, -0.2) is 35.3 Å². The van der Waals surface area contributed by atoms with Gasteiger partial charge < -0.3 is 23.4 Å². The summed E-state index contributed by atoms with van der Waals surface area (Å²) in [7, 11) is 0. The molecule has 4 aromatic carbocycles. The van der Waals surface area contributed by atoms with Crippen LogP contribution >= 0.6 is 0 Å². The average molecular weight is 663 g/mol. The second kappa shape index (κ2) is 16.1. The minimum absolute atomic E-state index is 0.326. The molecule has 0 amide bonds. The largest absolute Gasteiger partial charge is 0.493 e. The molecule has 254 valence electrons. The van der Waals surface area contributed by atoms with E-state index in [2.05, 4.69) is 24.0 Å². The number of unbranched alkanes of at least 4 members (excludes halogenated alkanes) is 2. The summed E-state index contributed by atoms with van der Waals surface area (Å²) in [6, 6.07) is 21.0. The molecule has 0 saturated carbocycles. The molecule has 0 aliphatic heterocycles. The van der Waals surface area contributed by atoms with E-state index in [0.29, 0.717) is 58.7 Å². The number of hydrogen-bond acceptors (Lipinski definition) is 9. The van der Waals surface area contributed by atoms with Crippen LogP contribution in [0.3, 0.4) is 0 Å². The van der Waals surface area contributed by atoms with Crippen molar-refractivity contribution in [3.8, 4) is 45.9 Å². The number of esters is 2. The van der Waals surface area contributed by atoms with E-state index in [-0.39, 0.29) is 0 Å². The molecule has 0 saturated heterocycles. The van der Waals surface area contributed by atoms with Crippen molar-refractivity contribution in [1.82, 2.24) is 10.2 Å². The Morgan fingerprint density at radius 3 is 1.37 bits per heavy atom. The molecule has 1 aromatic heterocycles. The summed E-state index contributed by atoms with van der Waals surface area (Å²) in [5, 5.41) is 8.53. The Morgan fingerprint density at radius 2 is 1.00 bits per heavy atom. The first-order valence-corrected chi connectivity index (χ1v) is 16.6. The van der Waals surface area contributed by atoms with Gasteiger partial charge in [0.25, 0.3) is 0 Å². The predicted octanol–water partition coefficient (Wildman–Crippen LogP) is 9.43. The molecule has 0 aliphatic carbocycles. The van der Waals surface area contributed by atoms with Crippen molar-refractivity contribution in [2.45, 2.75) is 67.2 Å². The van der Waals surface area contributed by atoms with Crippen LogP contribution in [0.25, 0.3) is 22.9 Å². The van der Waals surface area contributed by atoms with Gasteiger partial charge in [0.2, 0.25) is 11.8 Å². The van der Waals surface area contributed by atoms with Crippen molar-refractivity contribution in [2.75, 3.05) is 13.2 Å². The predicted molar refractivity (Wildman–Crippen MR) is 188 cm³/mol. The highest BCUT2D eigenvalue weighted by Gasteiger charge is 2.18. The number of aryl methyl sites for hydroxylation is 4. The first kappa shape index (κ1) is 34.9. The Bertz CT molecular complexity index is 1810. The maximum atomic E-state index is 12.9. The van der Waals surface area contributed by atoms with Gasteiger partial charge in [-0.25, -0.2) is 9.59 Å². The third kappa shape index (κ3) is 8.73. The second-order valence-electron chi connectivity index (χ2n) is 12.0. The normalized spacial score (nSPS) is 10.9. The Morgan fingerprint density at radius 1 is 0.571 bits per heavy atom. The highest BCUT2D eigenvalue weighted by molar-refractivity contribution is 5.92. The fraction of sp³-hybridized carbons (Fsp3) is 0.300. The first-order valence-electron chi connectivity index (χ1n) is 16.6. The van der Waals surface area contributed by atoms with Crippen LogP contribution in [0.2, 0.25) is 0 Å². The van der Waals surface area contributed by atoms with Crippen LogP contribution in [-0.2, 0) is 0 Å². The van der Waals surface area contributed by atoms with Gasteiger partial charge in [-0.05, 0) is 136 Å². The molecule has 0 unspecified atom stereocenters. The number of benzene rings is 4. The highest BCUT2D eigenvalue weighted by atomic mass is 16.5. The van der Waals surface area contributed by atoms with E-state index >= 15 is 0 Å². The van der Waals surface area contributed by atoms with Crippen LogP contribution in [0.1, 0.15) is 82.5 Å². The molecule has 0 spiro atoms. The zero-order valence-electron chi connectivity index (χ0n) is 28.9. The molecule has 0 atom stereocenters. The number of carbonyl (C=O) groups is 2. The van der Waals surface area contributed by atoms with Crippen molar-refractivity contribution < 1.29 is 33.0 Å². The molecule has 0 aliphatic rings. The number of rotatable bonds is 14. The van der Waals surface area contributed by atoms with Gasteiger partial charge in [0.15, 0.2) is 0 Å². The molecule has 0 fully saturated rings. The van der Waals surface area contributed by atoms with E-state index in [1.807, 2.05) is 27.7 Å². The maximum Gasteiger partial charge on any atom is 0.343 e. The maximum absolute atomic E-state index is 12.9. The first-order chi connectivity index (χ1) is 23.7. The van der Waals surface area contributed by atoms with E-state index in [9.17, 15) is 9.59 Å². The molecule has 0 N–H and O–H groups in total. The van der Waals surface area contributed by atoms with E-state index in [0.717, 1.165) is 59.4 Å². The number of hydrogen-bond donors (Lipinski definition) is 0. The monoisotopic (exact) mass is 662 g/mol. The van der Waals surface area contributed by atoms with Crippen molar-refractivity contribution in [2.24, 2.45) is 0 Å². The number of carbonyl (C=O) groups excluding carboxylic acids is 2. The number of ether oxygens (including phenoxy) is 4. The summed E-state index contributed by atoms with van der Waals surface area (Å²) in [6.45, 7) is 13.1. The summed E-state index contributed by atoms with van der Waals surface area (Å²) < 4.78 is 29.0. The van der Waals surface area contributed by atoms with E-state index in [4.69, 9.17) is 23.4 Å². The van der Waals surface area contributed by atoms with Crippen LogP contribution in [0.15, 0.2) is 77.2 Å². The Balaban J connectivity index is 1.22. The van der Waals surface area contributed by atoms with Gasteiger partial charge in [0.05, 0.1) is 24.3 Å². The van der Waals surface area contributed by atoms with Gasteiger partial charge >= 0.3 is 11.9 Å². The van der Waals surface area contributed by atoms with Gasteiger partial charge in [-0.3, -0.25) is 0 Å². The Hall–Kier alpha value is -5.44. The molecule has 0 bridgehead atoms. The second-order valence-corrected chi connectivity index (χ2v) is 12.0. The van der Waals surface area contributed by atoms with E-state index < -0.39 is 11.9 Å². The van der Waals surface area contributed by atoms with Gasteiger partial charge in [-0.2, -0.15) is 0 Å². The van der Waals surface area contributed by atoms with Gasteiger partial charge in [-0.1, -0.05) is 26.7 Å². The van der Waals surface area contributed by atoms with Crippen LogP contribution < -0.4 is 18.9 Å². The van der Waals surface area contributed by atoms with E-state index in [1.54, 1.807) is 72.8 Å². The fourth-order valence-electron chi connectivity index (χ4n) is 5.18. The summed E-state index contributed by atoms with van der Waals surface area (Å²) in [6.07, 6.45) is 4.05. The van der Waals surface area contributed by atoms with Crippen molar-refractivity contribution >= 4 is 11.9 Å². The molecule has 5 aromatic rings. The Labute approximate surface area is 287 Å². The SMILES string of the molecule is CCCCOc1ccc(C(=O)Oc2ccc(-c3nnc(-c4ccc(OC(=O)c5ccc(OCCCC)c(C)c5)cc4C)o3)c(C)c2)cc1C. The fourth-order valence-corrected chi connectivity index (χ4v) is 5.18. The lowest BCUT2D eigenvalue weighted by Crippen LogP contribution is -2.09. The smallest absolute Gasteiger partial charge is 0.343 e. The van der Waals surface area contributed by atoms with Gasteiger partial charge in [0, 0.05) is 11.1 Å². The lowest BCUT2D eigenvalue weighted by Gasteiger charge is -2.11. The van der Waals surface area contributed by atoms with Crippen molar-refractivity contribution in [1.29, 1.82) is 0 Å². The van der Waals surface area contributed by atoms with Crippen molar-refractivity contribution in [3.63, 3.8) is 0 Å². The van der Waals surface area contributed by atoms with Crippen LogP contribution in [0.4, 0.5) is 0 Å². The molecule has 9 nitrogen and oxygen atoms in total. The summed E-state index contributed by atoms with van der Waals surface area (Å²) in [5.41, 5.74) is 5.65. The van der Waals surface area contributed by atoms with E-state index in [1.165, 1.54) is 0 Å². The standard InChI is InChI=1S/C40H42N2O7/c1-7-9-19-45-35-17-11-29(21-27(35)5)39(43)47-31-13-15-33(25(3)23-31)37-41-42-38(49-37)34-16-14-32(24-26(34)4)48-40(44)30-12-18-36(28(6)22-30)46-20-10-8-2/h11-18,21-24H,7-10,19-20H2,1-6H3. The van der Waals surface area contributed by atoms with Crippen LogP contribution in [0, 0.1) is 27.7 Å². The average Bonchev–Trinajstić information content (AvgIpc) is 3.56. The topological polar surface area (TPSA) is 110 Å². The molecular formula is C40H42N2O7. The molecule has 49 heavy (non-hydrogen) atoms. The Kier molecular flexibility index (Phi) is 11.5. The number of nitrogens with zero attached hydrogens (tertiary/aromatic N) is 2. The molecule has 1 heterocycles. The van der Waals surface area contributed by atoms with Gasteiger partial charge in [0.1, 0.15) is 23.0 Å². The lowest BCUT2D eigenvalue weighted by molar-refractivity contribution is 0.0725. The van der Waals surface area contributed by atoms with Crippen LogP contribution in [0.5, 0.6) is 23.0 Å². The zero-order valence-corrected chi connectivity index (χ0v) is 28.9. The summed E-state index contributed by atoms with van der Waals surface area (Å²) in [5.74, 6) is 2.07. The van der Waals surface area contributed by atoms with Crippen molar-refractivity contribution in [3.05, 3.63) is 106 Å². The minimum Gasteiger partial charge on any atom is -0.493 e. The number of aromatic nitrogens is 2.